The van der Waals surface area contributed by atoms with E-state index in [0.29, 0.717) is 5.56 Å². The first-order chi connectivity index (χ1) is 7.54. The molecular weight excluding hydrogens is 236 g/mol. The lowest BCUT2D eigenvalue weighted by Gasteiger charge is -2.06. The van der Waals surface area contributed by atoms with Crippen molar-refractivity contribution in [1.29, 1.82) is 5.26 Å². The van der Waals surface area contributed by atoms with E-state index in [1.165, 1.54) is 24.6 Å². The zero-order valence-electron chi connectivity index (χ0n) is 8.43. The molecule has 0 fully saturated rings. The highest BCUT2D eigenvalue weighted by molar-refractivity contribution is 7.78. The van der Waals surface area contributed by atoms with Gasteiger partial charge in [0.2, 0.25) is 0 Å². The molecule has 0 spiro atoms. The maximum Gasteiger partial charge on any atom is 0.464 e. The van der Waals surface area contributed by atoms with Gasteiger partial charge in [-0.25, -0.2) is 8.78 Å². The molecular formula is C9H9F2N3OS. The number of rotatable bonds is 3. The van der Waals surface area contributed by atoms with E-state index in [4.69, 9.17) is 5.26 Å². The SMILES string of the molecule is CS([O-])=[N+](C#N)Cc1ccc(C(F)F)nc1. The predicted octanol–water partition coefficient (Wildman–Crippen LogP) is 1.57. The van der Waals surface area contributed by atoms with Gasteiger partial charge in [0, 0.05) is 11.8 Å². The van der Waals surface area contributed by atoms with Gasteiger partial charge in [0.1, 0.15) is 12.2 Å². The molecule has 0 saturated carbocycles. The zero-order valence-corrected chi connectivity index (χ0v) is 9.25. The number of nitrogens with zero attached hydrogens (tertiary/aromatic N) is 3. The van der Waals surface area contributed by atoms with Crippen LogP contribution in [-0.2, 0) is 17.5 Å². The van der Waals surface area contributed by atoms with Crippen molar-refractivity contribution < 1.29 is 17.3 Å². The van der Waals surface area contributed by atoms with Crippen LogP contribution in [0.1, 0.15) is 17.7 Å². The summed E-state index contributed by atoms with van der Waals surface area (Å²) in [4.78, 5) is 3.54. The van der Waals surface area contributed by atoms with Crippen molar-refractivity contribution in [3.8, 4) is 6.19 Å². The molecule has 1 aromatic rings. The van der Waals surface area contributed by atoms with E-state index >= 15 is 0 Å². The standard InChI is InChI=1S/C9H9F2N3OS/c1-16(15)14(6-12)5-7-2-3-8(9(10)11)13-4-7/h2-4,9H,5H2,1H3. The van der Waals surface area contributed by atoms with Crippen molar-refractivity contribution in [1.82, 2.24) is 4.98 Å². The molecule has 0 aliphatic carbocycles. The molecule has 0 amide bonds. The third kappa shape index (κ3) is 3.32. The summed E-state index contributed by atoms with van der Waals surface area (Å²) < 4.78 is 36.4. The molecule has 0 bridgehead atoms. The highest BCUT2D eigenvalue weighted by Gasteiger charge is 2.09. The van der Waals surface area contributed by atoms with Gasteiger partial charge in [-0.1, -0.05) is 6.07 Å². The topological polar surface area (TPSA) is 62.8 Å². The highest BCUT2D eigenvalue weighted by atomic mass is 32.2. The van der Waals surface area contributed by atoms with Crippen LogP contribution in [0.3, 0.4) is 0 Å². The van der Waals surface area contributed by atoms with E-state index in [-0.39, 0.29) is 12.2 Å². The third-order valence-electron chi connectivity index (χ3n) is 1.82. The smallest absolute Gasteiger partial charge is 0.464 e. The van der Waals surface area contributed by atoms with Crippen molar-refractivity contribution in [3.05, 3.63) is 29.6 Å². The first kappa shape index (κ1) is 12.7. The average Bonchev–Trinajstić information content (AvgIpc) is 2.26. The Morgan fingerprint density at radius 1 is 1.62 bits per heavy atom. The minimum absolute atomic E-state index is 0.0934. The van der Waals surface area contributed by atoms with E-state index in [1.807, 2.05) is 0 Å². The third-order valence-corrected chi connectivity index (χ3v) is 2.65. The number of pyridine rings is 1. The van der Waals surface area contributed by atoms with Gasteiger partial charge < -0.3 is 4.55 Å². The maximum atomic E-state index is 12.2. The van der Waals surface area contributed by atoms with Gasteiger partial charge in [0.05, 0.1) is 0 Å². The first-order valence-corrected chi connectivity index (χ1v) is 5.80. The molecule has 86 valence electrons. The van der Waals surface area contributed by atoms with Crippen molar-refractivity contribution >= 4 is 11.0 Å². The average molecular weight is 245 g/mol. The zero-order chi connectivity index (χ0) is 12.1. The Labute approximate surface area is 94.1 Å². The number of hydrogen-bond donors (Lipinski definition) is 0. The van der Waals surface area contributed by atoms with Crippen molar-refractivity contribution in [2.75, 3.05) is 6.26 Å². The van der Waals surface area contributed by atoms with E-state index < -0.39 is 17.4 Å². The Bertz CT molecular complexity index is 435. The molecule has 1 aromatic heterocycles. The van der Waals surface area contributed by atoms with Crippen LogP contribution in [0.2, 0.25) is 0 Å². The second kappa shape index (κ2) is 5.63. The van der Waals surface area contributed by atoms with Crippen LogP contribution < -0.4 is 0 Å². The summed E-state index contributed by atoms with van der Waals surface area (Å²) in [5.74, 6) is 0. The Hall–Kier alpha value is -1.39. The Balaban J connectivity index is 2.85. The van der Waals surface area contributed by atoms with Gasteiger partial charge in [-0.05, 0) is 12.3 Å². The lowest BCUT2D eigenvalue weighted by Crippen LogP contribution is -2.10. The van der Waals surface area contributed by atoms with Gasteiger partial charge >= 0.3 is 6.19 Å². The summed E-state index contributed by atoms with van der Waals surface area (Å²) in [6, 6.07) is 2.62. The van der Waals surface area contributed by atoms with E-state index in [9.17, 15) is 13.3 Å². The lowest BCUT2D eigenvalue weighted by atomic mass is 10.2. The fourth-order valence-corrected chi connectivity index (χ4v) is 1.45. The van der Waals surface area contributed by atoms with Crippen LogP contribution in [0.5, 0.6) is 0 Å². The summed E-state index contributed by atoms with van der Waals surface area (Å²) in [7, 11) is -1.42. The minimum Gasteiger partial charge on any atom is -0.772 e. The van der Waals surface area contributed by atoms with Gasteiger partial charge in [-0.3, -0.25) is 4.98 Å². The summed E-state index contributed by atoms with van der Waals surface area (Å²) >= 11 is 0. The van der Waals surface area contributed by atoms with E-state index in [2.05, 4.69) is 4.98 Å². The fraction of sp³-hybridized carbons (Fsp3) is 0.333. The first-order valence-electron chi connectivity index (χ1n) is 4.28. The molecule has 4 nitrogen and oxygen atoms in total. The molecule has 0 aliphatic heterocycles. The number of halogens is 2. The normalized spacial score (nSPS) is 13.4. The Kier molecular flexibility index (Phi) is 4.46. The largest absolute Gasteiger partial charge is 0.772 e. The predicted molar refractivity (Wildman–Crippen MR) is 52.8 cm³/mol. The van der Waals surface area contributed by atoms with Crippen LogP contribution in [-0.4, -0.2) is 19.7 Å². The van der Waals surface area contributed by atoms with Crippen LogP contribution in [0.4, 0.5) is 8.78 Å². The fourth-order valence-electron chi connectivity index (χ4n) is 1.01. The van der Waals surface area contributed by atoms with E-state index in [1.54, 1.807) is 6.19 Å². The van der Waals surface area contributed by atoms with Gasteiger partial charge in [0.25, 0.3) is 6.43 Å². The minimum atomic E-state index is -2.61. The number of alkyl halides is 2. The molecule has 1 heterocycles. The quantitative estimate of drug-likeness (QED) is 0.461. The number of nitriles is 1. The second-order valence-electron chi connectivity index (χ2n) is 2.95. The molecule has 16 heavy (non-hydrogen) atoms. The lowest BCUT2D eigenvalue weighted by molar-refractivity contribution is -0.433. The van der Waals surface area contributed by atoms with Crippen molar-refractivity contribution in [2.45, 2.75) is 13.0 Å². The van der Waals surface area contributed by atoms with Crippen LogP contribution in [0.25, 0.3) is 0 Å². The maximum absolute atomic E-state index is 12.2. The van der Waals surface area contributed by atoms with Crippen molar-refractivity contribution in [3.63, 3.8) is 0 Å². The summed E-state index contributed by atoms with van der Waals surface area (Å²) in [5, 5.41) is 8.64. The molecule has 1 atom stereocenters. The second-order valence-corrected chi connectivity index (χ2v) is 4.24. The van der Waals surface area contributed by atoms with Crippen LogP contribution in [0, 0.1) is 11.5 Å². The van der Waals surface area contributed by atoms with Crippen LogP contribution >= 0.6 is 0 Å². The molecule has 0 saturated heterocycles. The Morgan fingerprint density at radius 2 is 2.31 bits per heavy atom. The molecule has 0 radical (unpaired) electrons. The van der Waals surface area contributed by atoms with Gasteiger partial charge in [-0.15, -0.1) is 11.0 Å². The van der Waals surface area contributed by atoms with Crippen LogP contribution in [0.15, 0.2) is 18.3 Å². The van der Waals surface area contributed by atoms with E-state index in [0.717, 1.165) is 3.95 Å². The number of aromatic nitrogens is 1. The van der Waals surface area contributed by atoms with Crippen molar-refractivity contribution in [2.24, 2.45) is 0 Å². The summed E-state index contributed by atoms with van der Waals surface area (Å²) in [6.45, 7) is 0.0934. The molecule has 0 N–H and O–H groups in total. The molecule has 1 unspecified atom stereocenters. The molecule has 1 rings (SSSR count). The Morgan fingerprint density at radius 3 is 2.69 bits per heavy atom. The summed E-state index contributed by atoms with van der Waals surface area (Å²) in [5.41, 5.74) is 0.242. The summed E-state index contributed by atoms with van der Waals surface area (Å²) in [6.07, 6.45) is 1.75. The highest BCUT2D eigenvalue weighted by Crippen LogP contribution is 2.15. The van der Waals surface area contributed by atoms with Gasteiger partial charge in [-0.2, -0.15) is 3.95 Å². The molecule has 0 aliphatic rings. The van der Waals surface area contributed by atoms with Gasteiger partial charge in [0.15, 0.2) is 5.26 Å². The monoisotopic (exact) mass is 245 g/mol. The molecule has 0 aromatic carbocycles. The molecule has 7 heteroatoms. The number of hydrogen-bond acceptors (Lipinski definition) is 3.